The van der Waals surface area contributed by atoms with Crippen molar-refractivity contribution < 1.29 is 13.2 Å². The molecule has 1 amide bonds. The largest absolute Gasteiger partial charge is 0.351 e. The molecule has 0 aliphatic carbocycles. The van der Waals surface area contributed by atoms with Crippen LogP contribution in [0, 0.1) is 0 Å². The third kappa shape index (κ3) is 4.32. The third-order valence-electron chi connectivity index (χ3n) is 2.93. The van der Waals surface area contributed by atoms with Crippen molar-refractivity contribution in [3.8, 4) is 0 Å². The van der Waals surface area contributed by atoms with E-state index in [1.54, 1.807) is 36.4 Å². The van der Waals surface area contributed by atoms with Gasteiger partial charge in [0.15, 0.2) is 9.84 Å². The van der Waals surface area contributed by atoms with Gasteiger partial charge in [-0.1, -0.05) is 45.7 Å². The number of hydrogen-bond acceptors (Lipinski definition) is 3. The fraction of sp³-hybridized carbons (Fsp3) is 0.133. The number of sulfone groups is 1. The molecule has 0 radical (unpaired) electrons. The first-order valence-electron chi connectivity index (χ1n) is 6.41. The predicted octanol–water partition coefficient (Wildman–Crippen LogP) is 3.31. The van der Waals surface area contributed by atoms with Crippen LogP contribution >= 0.6 is 27.5 Å². The molecule has 1 N–H and O–H groups in total. The second-order valence-corrected chi connectivity index (χ2v) is 7.94. The Morgan fingerprint density at radius 3 is 2.45 bits per heavy atom. The van der Waals surface area contributed by atoms with Crippen LogP contribution in [0.5, 0.6) is 0 Å². The number of amides is 1. The van der Waals surface area contributed by atoms with Crippen LogP contribution in [0.3, 0.4) is 0 Å². The topological polar surface area (TPSA) is 63.2 Å². The summed E-state index contributed by atoms with van der Waals surface area (Å²) in [5.74, 6) is -0.572. The standard InChI is InChI=1S/C15H13BrClNO3S/c16-11-6-7-13(14(17)10-11)15(19)18-8-9-22(20,21)12-4-2-1-3-5-12/h1-7,10H,8-9H2,(H,18,19). The molecule has 4 nitrogen and oxygen atoms in total. The molecule has 0 saturated heterocycles. The van der Waals surface area contributed by atoms with Gasteiger partial charge >= 0.3 is 0 Å². The molecule has 22 heavy (non-hydrogen) atoms. The SMILES string of the molecule is O=C(NCCS(=O)(=O)c1ccccc1)c1ccc(Br)cc1Cl. The number of nitrogens with one attached hydrogen (secondary N) is 1. The zero-order chi connectivity index (χ0) is 16.2. The number of carbonyl (C=O) groups excluding carboxylic acids is 1. The molecule has 2 aromatic carbocycles. The quantitative estimate of drug-likeness (QED) is 0.834. The minimum atomic E-state index is -3.41. The predicted molar refractivity (Wildman–Crippen MR) is 90.0 cm³/mol. The monoisotopic (exact) mass is 401 g/mol. The zero-order valence-electron chi connectivity index (χ0n) is 11.4. The first kappa shape index (κ1) is 17.0. The van der Waals surface area contributed by atoms with E-state index in [9.17, 15) is 13.2 Å². The lowest BCUT2D eigenvalue weighted by molar-refractivity contribution is 0.0956. The molecule has 0 aliphatic rings. The number of hydrogen-bond donors (Lipinski definition) is 1. The maximum absolute atomic E-state index is 12.1. The van der Waals surface area contributed by atoms with Crippen molar-refractivity contribution in [2.24, 2.45) is 0 Å². The third-order valence-corrected chi connectivity index (χ3v) is 5.47. The Labute approximate surface area is 142 Å². The first-order chi connectivity index (χ1) is 10.4. The minimum absolute atomic E-state index is 0.0163. The van der Waals surface area contributed by atoms with Gasteiger partial charge in [-0.2, -0.15) is 0 Å². The molecule has 7 heteroatoms. The van der Waals surface area contributed by atoms with Crippen LogP contribution in [0.15, 0.2) is 57.9 Å². The summed E-state index contributed by atoms with van der Waals surface area (Å²) in [6.07, 6.45) is 0. The Morgan fingerprint density at radius 2 is 1.82 bits per heavy atom. The van der Waals surface area contributed by atoms with Gasteiger partial charge < -0.3 is 5.32 Å². The van der Waals surface area contributed by atoms with E-state index in [1.807, 2.05) is 0 Å². The lowest BCUT2D eigenvalue weighted by atomic mass is 10.2. The highest BCUT2D eigenvalue weighted by Gasteiger charge is 2.15. The Hall–Kier alpha value is -1.37. The van der Waals surface area contributed by atoms with Gasteiger partial charge in [0.1, 0.15) is 0 Å². The van der Waals surface area contributed by atoms with Gasteiger partial charge in [0.2, 0.25) is 0 Å². The Kier molecular flexibility index (Phi) is 5.61. The summed E-state index contributed by atoms with van der Waals surface area (Å²) in [7, 11) is -3.41. The molecule has 116 valence electrons. The lowest BCUT2D eigenvalue weighted by Crippen LogP contribution is -2.29. The molecule has 0 saturated carbocycles. The maximum atomic E-state index is 12.1. The van der Waals surface area contributed by atoms with Gasteiger partial charge in [0, 0.05) is 11.0 Å². The molecule has 2 aromatic rings. The highest BCUT2D eigenvalue weighted by Crippen LogP contribution is 2.21. The summed E-state index contributed by atoms with van der Waals surface area (Å²) in [5.41, 5.74) is 0.307. The zero-order valence-corrected chi connectivity index (χ0v) is 14.6. The van der Waals surface area contributed by atoms with Gasteiger partial charge in [0.25, 0.3) is 5.91 Å². The van der Waals surface area contributed by atoms with Crippen LogP contribution in [0.1, 0.15) is 10.4 Å². The van der Waals surface area contributed by atoms with Crippen molar-refractivity contribution in [3.63, 3.8) is 0 Å². The van der Waals surface area contributed by atoms with E-state index < -0.39 is 15.7 Å². The molecule has 2 rings (SSSR count). The lowest BCUT2D eigenvalue weighted by Gasteiger charge is -2.08. The summed E-state index contributed by atoms with van der Waals surface area (Å²) in [4.78, 5) is 12.2. The van der Waals surface area contributed by atoms with Gasteiger partial charge in [0.05, 0.1) is 21.2 Å². The molecule has 0 heterocycles. The fourth-order valence-electron chi connectivity index (χ4n) is 1.81. The van der Waals surface area contributed by atoms with Crippen LogP contribution in [0.2, 0.25) is 5.02 Å². The second-order valence-electron chi connectivity index (χ2n) is 4.51. The Morgan fingerprint density at radius 1 is 1.14 bits per heavy atom. The van der Waals surface area contributed by atoms with E-state index in [-0.39, 0.29) is 17.2 Å². The number of rotatable bonds is 5. The molecular formula is C15H13BrClNO3S. The summed E-state index contributed by atoms with van der Waals surface area (Å²) < 4.78 is 24.9. The molecular weight excluding hydrogens is 390 g/mol. The normalized spacial score (nSPS) is 11.2. The van der Waals surface area contributed by atoms with Crippen LogP contribution in [0.4, 0.5) is 0 Å². The van der Waals surface area contributed by atoms with Crippen molar-refractivity contribution in [2.75, 3.05) is 12.3 Å². The maximum Gasteiger partial charge on any atom is 0.252 e. The number of carbonyl (C=O) groups is 1. The Balaban J connectivity index is 1.98. The van der Waals surface area contributed by atoms with Crippen LogP contribution in [-0.4, -0.2) is 26.6 Å². The van der Waals surface area contributed by atoms with Crippen LogP contribution < -0.4 is 5.32 Å². The smallest absolute Gasteiger partial charge is 0.252 e. The molecule has 0 atom stereocenters. The van der Waals surface area contributed by atoms with E-state index in [4.69, 9.17) is 11.6 Å². The molecule has 0 bridgehead atoms. The van der Waals surface area contributed by atoms with Crippen molar-refractivity contribution in [1.29, 1.82) is 0 Å². The highest BCUT2D eigenvalue weighted by molar-refractivity contribution is 9.10. The number of halogens is 2. The minimum Gasteiger partial charge on any atom is -0.351 e. The summed E-state index contributed by atoms with van der Waals surface area (Å²) in [5, 5.41) is 2.87. The van der Waals surface area contributed by atoms with Crippen molar-refractivity contribution >= 4 is 43.3 Å². The van der Waals surface area contributed by atoms with Gasteiger partial charge in [-0.3, -0.25) is 4.79 Å². The molecule has 0 aromatic heterocycles. The van der Waals surface area contributed by atoms with E-state index in [1.165, 1.54) is 12.1 Å². The van der Waals surface area contributed by atoms with Crippen molar-refractivity contribution in [3.05, 3.63) is 63.6 Å². The van der Waals surface area contributed by atoms with Crippen molar-refractivity contribution in [1.82, 2.24) is 5.32 Å². The highest BCUT2D eigenvalue weighted by atomic mass is 79.9. The molecule has 0 aliphatic heterocycles. The molecule has 0 spiro atoms. The first-order valence-corrected chi connectivity index (χ1v) is 9.23. The summed E-state index contributed by atoms with van der Waals surface area (Å²) in [6.45, 7) is 0.0163. The molecule has 0 unspecified atom stereocenters. The van der Waals surface area contributed by atoms with Crippen molar-refractivity contribution in [2.45, 2.75) is 4.90 Å². The van der Waals surface area contributed by atoms with E-state index in [2.05, 4.69) is 21.2 Å². The summed E-state index contributed by atoms with van der Waals surface area (Å²) in [6, 6.07) is 13.0. The van der Waals surface area contributed by atoms with Gasteiger partial charge in [-0.15, -0.1) is 0 Å². The average molecular weight is 403 g/mol. The van der Waals surface area contributed by atoms with Gasteiger partial charge in [-0.05, 0) is 30.3 Å². The van der Waals surface area contributed by atoms with E-state index in [0.29, 0.717) is 10.6 Å². The van der Waals surface area contributed by atoms with E-state index in [0.717, 1.165) is 4.47 Å². The average Bonchev–Trinajstić information content (AvgIpc) is 2.47. The summed E-state index contributed by atoms with van der Waals surface area (Å²) >= 11 is 9.23. The van der Waals surface area contributed by atoms with Gasteiger partial charge in [-0.25, -0.2) is 8.42 Å². The van der Waals surface area contributed by atoms with E-state index >= 15 is 0 Å². The fourth-order valence-corrected chi connectivity index (χ4v) is 3.75. The van der Waals surface area contributed by atoms with Crippen LogP contribution in [-0.2, 0) is 9.84 Å². The van der Waals surface area contributed by atoms with Crippen LogP contribution in [0.25, 0.3) is 0 Å². The molecule has 0 fully saturated rings. The Bertz CT molecular complexity index is 779. The second kappa shape index (κ2) is 7.26. The number of benzene rings is 2.